The highest BCUT2D eigenvalue weighted by Gasteiger charge is 2.13. The predicted octanol–water partition coefficient (Wildman–Crippen LogP) is 2.81. The lowest BCUT2D eigenvalue weighted by atomic mass is 10.3. The van der Waals surface area contributed by atoms with Crippen molar-refractivity contribution in [1.82, 2.24) is 14.8 Å². The number of H-pyrrole nitrogens is 1. The van der Waals surface area contributed by atoms with Gasteiger partial charge in [-0.05, 0) is 35.3 Å². The van der Waals surface area contributed by atoms with E-state index < -0.39 is 0 Å². The molecule has 0 unspecified atom stereocenters. The molecule has 0 bridgehead atoms. The molecule has 0 aliphatic carbocycles. The SMILES string of the molecule is CCc1cc(NC(=O)c2cc(Br)cn2CC)n[nH]1. The molecule has 6 heteroatoms. The molecule has 2 aromatic heterocycles. The Bertz CT molecular complexity index is 558. The molecule has 0 saturated heterocycles. The Hall–Kier alpha value is -1.56. The molecule has 1 amide bonds. The summed E-state index contributed by atoms with van der Waals surface area (Å²) in [6.45, 7) is 4.76. The number of aromatic nitrogens is 3. The lowest BCUT2D eigenvalue weighted by molar-refractivity contribution is 0.101. The molecule has 96 valence electrons. The lowest BCUT2D eigenvalue weighted by Crippen LogP contribution is -2.16. The van der Waals surface area contributed by atoms with E-state index in [1.54, 1.807) is 6.07 Å². The van der Waals surface area contributed by atoms with E-state index in [1.165, 1.54) is 0 Å². The molecule has 0 saturated carbocycles. The summed E-state index contributed by atoms with van der Waals surface area (Å²) in [6.07, 6.45) is 2.75. The number of nitrogens with one attached hydrogen (secondary N) is 2. The van der Waals surface area contributed by atoms with Gasteiger partial charge in [0.05, 0.1) is 0 Å². The summed E-state index contributed by atoms with van der Waals surface area (Å²) in [6, 6.07) is 3.64. The second kappa shape index (κ2) is 5.39. The number of nitrogens with zero attached hydrogens (tertiary/aromatic N) is 2. The molecule has 0 radical (unpaired) electrons. The van der Waals surface area contributed by atoms with Crippen LogP contribution < -0.4 is 5.32 Å². The largest absolute Gasteiger partial charge is 0.343 e. The standard InChI is InChI=1S/C12H15BrN4O/c1-3-9-6-11(16-15-9)14-12(18)10-5-8(13)7-17(10)4-2/h5-7H,3-4H2,1-2H3,(H2,14,15,16,18). The molecule has 5 nitrogen and oxygen atoms in total. The second-order valence-electron chi connectivity index (χ2n) is 3.92. The topological polar surface area (TPSA) is 62.7 Å². The molecule has 2 heterocycles. The second-order valence-corrected chi connectivity index (χ2v) is 4.83. The average Bonchev–Trinajstić information content (AvgIpc) is 2.95. The Morgan fingerprint density at radius 3 is 2.89 bits per heavy atom. The number of hydrogen-bond acceptors (Lipinski definition) is 2. The van der Waals surface area contributed by atoms with Crippen molar-refractivity contribution in [1.29, 1.82) is 0 Å². The summed E-state index contributed by atoms with van der Waals surface area (Å²) in [5, 5.41) is 9.68. The van der Waals surface area contributed by atoms with Crippen LogP contribution >= 0.6 is 15.9 Å². The Balaban J connectivity index is 2.16. The van der Waals surface area contributed by atoms with Gasteiger partial charge in [-0.25, -0.2) is 0 Å². The van der Waals surface area contributed by atoms with Crippen LogP contribution in [-0.4, -0.2) is 20.7 Å². The fraction of sp³-hybridized carbons (Fsp3) is 0.333. The molecule has 0 spiro atoms. The molecule has 0 aromatic carbocycles. The number of amides is 1. The number of carbonyl (C=O) groups excluding carboxylic acids is 1. The summed E-state index contributed by atoms with van der Waals surface area (Å²) < 4.78 is 2.78. The minimum absolute atomic E-state index is 0.156. The maximum Gasteiger partial charge on any atom is 0.273 e. The minimum atomic E-state index is -0.156. The van der Waals surface area contributed by atoms with Gasteiger partial charge in [0.15, 0.2) is 5.82 Å². The van der Waals surface area contributed by atoms with E-state index in [0.29, 0.717) is 11.5 Å². The highest BCUT2D eigenvalue weighted by molar-refractivity contribution is 9.10. The normalized spacial score (nSPS) is 10.6. The molecule has 0 atom stereocenters. The van der Waals surface area contributed by atoms with Crippen molar-refractivity contribution in [2.45, 2.75) is 26.8 Å². The Labute approximate surface area is 114 Å². The number of hydrogen-bond donors (Lipinski definition) is 2. The van der Waals surface area contributed by atoms with Crippen molar-refractivity contribution >= 4 is 27.7 Å². The summed E-state index contributed by atoms with van der Waals surface area (Å²) >= 11 is 3.37. The van der Waals surface area contributed by atoms with Gasteiger partial charge in [0.2, 0.25) is 0 Å². The van der Waals surface area contributed by atoms with E-state index >= 15 is 0 Å². The van der Waals surface area contributed by atoms with Gasteiger partial charge >= 0.3 is 0 Å². The van der Waals surface area contributed by atoms with Crippen molar-refractivity contribution in [2.75, 3.05) is 5.32 Å². The summed E-state index contributed by atoms with van der Waals surface area (Å²) in [4.78, 5) is 12.1. The van der Waals surface area contributed by atoms with Gasteiger partial charge < -0.3 is 9.88 Å². The predicted molar refractivity (Wildman–Crippen MR) is 73.7 cm³/mol. The van der Waals surface area contributed by atoms with Gasteiger partial charge in [0, 0.05) is 29.0 Å². The fourth-order valence-electron chi connectivity index (χ4n) is 1.71. The summed E-state index contributed by atoms with van der Waals surface area (Å²) in [7, 11) is 0. The molecule has 18 heavy (non-hydrogen) atoms. The van der Waals surface area contributed by atoms with Crippen molar-refractivity contribution in [3.8, 4) is 0 Å². The maximum absolute atomic E-state index is 12.1. The van der Waals surface area contributed by atoms with E-state index in [4.69, 9.17) is 0 Å². The molecule has 2 rings (SSSR count). The van der Waals surface area contributed by atoms with E-state index in [1.807, 2.05) is 30.7 Å². The van der Waals surface area contributed by atoms with E-state index in [2.05, 4.69) is 31.4 Å². The van der Waals surface area contributed by atoms with Crippen LogP contribution in [0, 0.1) is 0 Å². The van der Waals surface area contributed by atoms with Crippen molar-refractivity contribution in [2.24, 2.45) is 0 Å². The van der Waals surface area contributed by atoms with Crippen LogP contribution in [0.3, 0.4) is 0 Å². The summed E-state index contributed by atoms with van der Waals surface area (Å²) in [5.41, 5.74) is 1.61. The molecule has 2 aromatic rings. The molecule has 2 N–H and O–H groups in total. The van der Waals surface area contributed by atoms with E-state index in [9.17, 15) is 4.79 Å². The third kappa shape index (κ3) is 2.64. The first kappa shape index (κ1) is 12.9. The van der Waals surface area contributed by atoms with Gasteiger partial charge in [-0.3, -0.25) is 9.89 Å². The van der Waals surface area contributed by atoms with Gasteiger partial charge in [0.25, 0.3) is 5.91 Å². The third-order valence-electron chi connectivity index (χ3n) is 2.69. The van der Waals surface area contributed by atoms with Crippen LogP contribution in [0.15, 0.2) is 22.8 Å². The van der Waals surface area contributed by atoms with Crippen molar-refractivity contribution in [3.63, 3.8) is 0 Å². The number of halogens is 1. The van der Waals surface area contributed by atoms with Gasteiger partial charge in [-0.2, -0.15) is 5.10 Å². The van der Waals surface area contributed by atoms with Crippen LogP contribution in [-0.2, 0) is 13.0 Å². The smallest absolute Gasteiger partial charge is 0.273 e. The maximum atomic E-state index is 12.1. The number of aryl methyl sites for hydroxylation is 2. The molecule has 0 fully saturated rings. The zero-order valence-electron chi connectivity index (χ0n) is 10.3. The van der Waals surface area contributed by atoms with Gasteiger partial charge in [-0.15, -0.1) is 0 Å². The Kier molecular flexibility index (Phi) is 3.86. The molecular weight excluding hydrogens is 296 g/mol. The summed E-state index contributed by atoms with van der Waals surface area (Å²) in [5.74, 6) is 0.397. The molecular formula is C12H15BrN4O. The Morgan fingerprint density at radius 2 is 2.28 bits per heavy atom. The molecule has 0 aliphatic rings. The first-order valence-corrected chi connectivity index (χ1v) is 6.64. The Morgan fingerprint density at radius 1 is 1.50 bits per heavy atom. The van der Waals surface area contributed by atoms with Crippen LogP contribution in [0.2, 0.25) is 0 Å². The number of aromatic amines is 1. The molecule has 0 aliphatic heterocycles. The zero-order valence-corrected chi connectivity index (χ0v) is 11.9. The van der Waals surface area contributed by atoms with Crippen LogP contribution in [0.1, 0.15) is 30.0 Å². The fourth-order valence-corrected chi connectivity index (χ4v) is 2.18. The first-order chi connectivity index (χ1) is 8.63. The van der Waals surface area contributed by atoms with Gasteiger partial charge in [0.1, 0.15) is 5.69 Å². The van der Waals surface area contributed by atoms with E-state index in [0.717, 1.165) is 23.1 Å². The average molecular weight is 311 g/mol. The van der Waals surface area contributed by atoms with Crippen LogP contribution in [0.5, 0.6) is 0 Å². The number of anilines is 1. The quantitative estimate of drug-likeness (QED) is 0.912. The highest BCUT2D eigenvalue weighted by Crippen LogP contribution is 2.16. The van der Waals surface area contributed by atoms with Crippen LogP contribution in [0.4, 0.5) is 5.82 Å². The zero-order chi connectivity index (χ0) is 13.1. The highest BCUT2D eigenvalue weighted by atomic mass is 79.9. The van der Waals surface area contributed by atoms with Crippen LogP contribution in [0.25, 0.3) is 0 Å². The van der Waals surface area contributed by atoms with Crippen molar-refractivity contribution in [3.05, 3.63) is 34.2 Å². The minimum Gasteiger partial charge on any atom is -0.343 e. The number of rotatable bonds is 4. The monoisotopic (exact) mass is 310 g/mol. The third-order valence-corrected chi connectivity index (χ3v) is 3.12. The van der Waals surface area contributed by atoms with E-state index in [-0.39, 0.29) is 5.91 Å². The van der Waals surface area contributed by atoms with Crippen molar-refractivity contribution < 1.29 is 4.79 Å². The first-order valence-electron chi connectivity index (χ1n) is 5.85. The van der Waals surface area contributed by atoms with Gasteiger partial charge in [-0.1, -0.05) is 6.92 Å². The number of carbonyl (C=O) groups is 1. The lowest BCUT2D eigenvalue weighted by Gasteiger charge is -2.05.